The summed E-state index contributed by atoms with van der Waals surface area (Å²) in [6.07, 6.45) is 7.97. The number of allylic oxidation sites excluding steroid dienone is 1. The Morgan fingerprint density at radius 2 is 2.20 bits per heavy atom. The molecule has 1 nitrogen and oxygen atoms in total. The van der Waals surface area contributed by atoms with Gasteiger partial charge in [0.25, 0.3) is 0 Å². The van der Waals surface area contributed by atoms with Gasteiger partial charge in [-0.25, -0.2) is 4.39 Å². The van der Waals surface area contributed by atoms with Crippen LogP contribution in [-0.4, -0.2) is 6.54 Å². The van der Waals surface area contributed by atoms with Crippen LogP contribution in [-0.2, 0) is 0 Å². The molecule has 1 aromatic carbocycles. The zero-order chi connectivity index (χ0) is 14.5. The lowest BCUT2D eigenvalue weighted by Gasteiger charge is -2.23. The van der Waals surface area contributed by atoms with Gasteiger partial charge in [0.05, 0.1) is 5.02 Å². The smallest absolute Gasteiger partial charge is 0.147 e. The predicted octanol–water partition coefficient (Wildman–Crippen LogP) is 5.78. The summed E-state index contributed by atoms with van der Waals surface area (Å²) in [6, 6.07) is 3.64. The number of nitrogens with one attached hydrogen (secondary N) is 1. The third kappa shape index (κ3) is 3.84. The van der Waals surface area contributed by atoms with Crippen LogP contribution in [0.5, 0.6) is 0 Å². The molecule has 1 N–H and O–H groups in total. The van der Waals surface area contributed by atoms with Gasteiger partial charge in [0.1, 0.15) is 5.82 Å². The Hall–Kier alpha value is -0.380. The fourth-order valence-corrected chi connectivity index (χ4v) is 3.18. The van der Waals surface area contributed by atoms with Gasteiger partial charge in [-0.3, -0.25) is 0 Å². The highest BCUT2D eigenvalue weighted by atomic mass is 79.9. The van der Waals surface area contributed by atoms with Gasteiger partial charge in [0, 0.05) is 16.1 Å². The third-order valence-corrected chi connectivity index (χ3v) is 5.00. The second-order valence-electron chi connectivity index (χ2n) is 5.19. The predicted molar refractivity (Wildman–Crippen MR) is 86.7 cm³/mol. The van der Waals surface area contributed by atoms with Gasteiger partial charge in [0.2, 0.25) is 0 Å². The number of hydrogen-bond donors (Lipinski definition) is 1. The zero-order valence-electron chi connectivity index (χ0n) is 11.7. The van der Waals surface area contributed by atoms with Crippen molar-refractivity contribution in [3.8, 4) is 0 Å². The normalized spacial score (nSPS) is 16.9. The highest BCUT2D eigenvalue weighted by Crippen LogP contribution is 2.34. The summed E-state index contributed by atoms with van der Waals surface area (Å²) >= 11 is 9.27. The van der Waals surface area contributed by atoms with E-state index in [0.29, 0.717) is 10.0 Å². The minimum absolute atomic E-state index is 0.00468. The Labute approximate surface area is 133 Å². The molecule has 1 aliphatic rings. The zero-order valence-corrected chi connectivity index (χ0v) is 14.0. The number of halogens is 3. The maximum absolute atomic E-state index is 14.4. The van der Waals surface area contributed by atoms with Crippen molar-refractivity contribution in [3.05, 3.63) is 44.7 Å². The van der Waals surface area contributed by atoms with Crippen molar-refractivity contribution >= 4 is 27.5 Å². The lowest BCUT2D eigenvalue weighted by atomic mass is 9.91. The lowest BCUT2D eigenvalue weighted by molar-refractivity contribution is 0.496. The molecule has 110 valence electrons. The largest absolute Gasteiger partial charge is 0.310 e. The third-order valence-electron chi connectivity index (χ3n) is 3.74. The Bertz CT molecular complexity index is 501. The van der Waals surface area contributed by atoms with Crippen molar-refractivity contribution in [3.63, 3.8) is 0 Å². The highest BCUT2D eigenvalue weighted by Gasteiger charge is 2.20. The van der Waals surface area contributed by atoms with Crippen molar-refractivity contribution in [2.24, 2.45) is 0 Å². The molecule has 0 radical (unpaired) electrons. The molecular formula is C16H20BrClFN. The van der Waals surface area contributed by atoms with Gasteiger partial charge >= 0.3 is 0 Å². The van der Waals surface area contributed by atoms with Crippen LogP contribution in [0.25, 0.3) is 0 Å². The molecule has 1 aromatic rings. The monoisotopic (exact) mass is 359 g/mol. The van der Waals surface area contributed by atoms with Crippen molar-refractivity contribution in [2.75, 3.05) is 6.54 Å². The average molecular weight is 361 g/mol. The first kappa shape index (κ1) is 16.0. The molecule has 20 heavy (non-hydrogen) atoms. The van der Waals surface area contributed by atoms with E-state index in [1.807, 2.05) is 19.1 Å². The SMILES string of the molecule is CCNC(CC1=CCCCC1)c1ccc(Br)c(Cl)c1F. The Kier molecular flexibility index (Phi) is 6.06. The van der Waals surface area contributed by atoms with Crippen LogP contribution in [0.15, 0.2) is 28.3 Å². The number of hydrogen-bond acceptors (Lipinski definition) is 1. The molecule has 0 bridgehead atoms. The summed E-state index contributed by atoms with van der Waals surface area (Å²) in [4.78, 5) is 0. The van der Waals surface area contributed by atoms with Gasteiger partial charge in [-0.1, -0.05) is 36.2 Å². The lowest BCUT2D eigenvalue weighted by Crippen LogP contribution is -2.23. The van der Waals surface area contributed by atoms with E-state index in [9.17, 15) is 4.39 Å². The van der Waals surface area contributed by atoms with Crippen molar-refractivity contribution in [1.82, 2.24) is 5.32 Å². The second kappa shape index (κ2) is 7.58. The van der Waals surface area contributed by atoms with Crippen LogP contribution in [0.2, 0.25) is 5.02 Å². The minimum atomic E-state index is -0.316. The van der Waals surface area contributed by atoms with E-state index in [4.69, 9.17) is 11.6 Å². The average Bonchev–Trinajstić information content (AvgIpc) is 2.46. The van der Waals surface area contributed by atoms with Gasteiger partial charge in [-0.2, -0.15) is 0 Å². The first-order valence-corrected chi connectivity index (χ1v) is 8.35. The van der Waals surface area contributed by atoms with Crippen LogP contribution in [0.1, 0.15) is 50.6 Å². The molecule has 0 amide bonds. The van der Waals surface area contributed by atoms with E-state index in [2.05, 4.69) is 27.3 Å². The van der Waals surface area contributed by atoms with E-state index < -0.39 is 0 Å². The number of benzene rings is 1. The van der Waals surface area contributed by atoms with E-state index in [1.54, 1.807) is 0 Å². The summed E-state index contributed by atoms with van der Waals surface area (Å²) in [5, 5.41) is 3.55. The maximum Gasteiger partial charge on any atom is 0.147 e. The van der Waals surface area contributed by atoms with Crippen molar-refractivity contribution in [1.29, 1.82) is 0 Å². The summed E-state index contributed by atoms with van der Waals surface area (Å²) in [5.74, 6) is -0.316. The summed E-state index contributed by atoms with van der Waals surface area (Å²) in [5.41, 5.74) is 2.09. The first-order valence-electron chi connectivity index (χ1n) is 7.18. The van der Waals surface area contributed by atoms with Gasteiger partial charge in [-0.05, 0) is 60.6 Å². The molecule has 1 atom stereocenters. The summed E-state index contributed by atoms with van der Waals surface area (Å²) < 4.78 is 15.0. The van der Waals surface area contributed by atoms with Gasteiger partial charge in [-0.15, -0.1) is 0 Å². The molecule has 0 saturated heterocycles. The summed E-state index contributed by atoms with van der Waals surface area (Å²) in [6.45, 7) is 2.85. The van der Waals surface area contributed by atoms with Crippen LogP contribution in [0.3, 0.4) is 0 Å². The molecule has 1 unspecified atom stereocenters. The highest BCUT2D eigenvalue weighted by molar-refractivity contribution is 9.10. The van der Waals surface area contributed by atoms with E-state index >= 15 is 0 Å². The number of rotatable bonds is 5. The second-order valence-corrected chi connectivity index (χ2v) is 6.42. The standard InChI is InChI=1S/C16H20BrClFN/c1-2-20-14(10-11-6-4-3-5-7-11)12-8-9-13(17)15(18)16(12)19/h6,8-9,14,20H,2-5,7,10H2,1H3. The molecule has 4 heteroatoms. The Morgan fingerprint density at radius 3 is 2.85 bits per heavy atom. The van der Waals surface area contributed by atoms with Gasteiger partial charge < -0.3 is 5.32 Å². The van der Waals surface area contributed by atoms with Crippen LogP contribution >= 0.6 is 27.5 Å². The molecule has 2 rings (SSSR count). The van der Waals surface area contributed by atoms with Gasteiger partial charge in [0.15, 0.2) is 0 Å². The van der Waals surface area contributed by atoms with Crippen LogP contribution in [0.4, 0.5) is 4.39 Å². The minimum Gasteiger partial charge on any atom is -0.310 e. The van der Waals surface area contributed by atoms with E-state index in [1.165, 1.54) is 18.4 Å². The molecule has 0 aromatic heterocycles. The fourth-order valence-electron chi connectivity index (χ4n) is 2.70. The first-order chi connectivity index (χ1) is 9.63. The molecule has 0 fully saturated rings. The van der Waals surface area contributed by atoms with Crippen LogP contribution in [0, 0.1) is 5.82 Å². The quantitative estimate of drug-likeness (QED) is 0.518. The molecule has 0 saturated carbocycles. The Balaban J connectivity index is 2.24. The molecular weight excluding hydrogens is 341 g/mol. The van der Waals surface area contributed by atoms with E-state index in [0.717, 1.165) is 25.8 Å². The summed E-state index contributed by atoms with van der Waals surface area (Å²) in [7, 11) is 0. The topological polar surface area (TPSA) is 12.0 Å². The molecule has 0 heterocycles. The fraction of sp³-hybridized carbons (Fsp3) is 0.500. The molecule has 0 aliphatic heterocycles. The molecule has 1 aliphatic carbocycles. The molecule has 0 spiro atoms. The van der Waals surface area contributed by atoms with Crippen molar-refractivity contribution < 1.29 is 4.39 Å². The van der Waals surface area contributed by atoms with E-state index in [-0.39, 0.29) is 16.9 Å². The Morgan fingerprint density at radius 1 is 1.40 bits per heavy atom. The maximum atomic E-state index is 14.4. The van der Waals surface area contributed by atoms with Crippen LogP contribution < -0.4 is 5.32 Å². The van der Waals surface area contributed by atoms with Crippen molar-refractivity contribution in [2.45, 2.75) is 45.1 Å².